The minimum absolute atomic E-state index is 0.359. The van der Waals surface area contributed by atoms with E-state index >= 15 is 0 Å². The van der Waals surface area contributed by atoms with Gasteiger partial charge in [0.2, 0.25) is 0 Å². The monoisotopic (exact) mass is 235 g/mol. The largest absolute Gasteiger partial charge is 0.389 e. The Bertz CT molecular complexity index is 367. The lowest BCUT2D eigenvalue weighted by atomic mass is 10.0. The van der Waals surface area contributed by atoms with Crippen molar-refractivity contribution < 1.29 is 9.84 Å². The smallest absolute Gasteiger partial charge is 0.0897 e. The van der Waals surface area contributed by atoms with Crippen molar-refractivity contribution in [2.45, 2.75) is 25.5 Å². The Kier molecular flexibility index (Phi) is 4.15. The molecule has 94 valence electrons. The quantitative estimate of drug-likeness (QED) is 0.813. The van der Waals surface area contributed by atoms with Gasteiger partial charge in [0, 0.05) is 19.7 Å². The molecule has 17 heavy (non-hydrogen) atoms. The molecule has 1 aliphatic rings. The fourth-order valence-corrected chi connectivity index (χ4v) is 2.62. The van der Waals surface area contributed by atoms with Gasteiger partial charge >= 0.3 is 0 Å². The molecule has 0 heterocycles. The van der Waals surface area contributed by atoms with E-state index in [-0.39, 0.29) is 0 Å². The number of nitrogens with one attached hydrogen (secondary N) is 1. The summed E-state index contributed by atoms with van der Waals surface area (Å²) in [6, 6.07) is 8.90. The SMILES string of the molecule is COCC(O)CNC1c2ccccc2CC1C. The summed E-state index contributed by atoms with van der Waals surface area (Å²) in [5.41, 5.74) is 2.81. The fourth-order valence-electron chi connectivity index (χ4n) is 2.62. The molecular weight excluding hydrogens is 214 g/mol. The van der Waals surface area contributed by atoms with E-state index in [9.17, 15) is 5.11 Å². The van der Waals surface area contributed by atoms with Gasteiger partial charge in [0.25, 0.3) is 0 Å². The van der Waals surface area contributed by atoms with Crippen LogP contribution in [0, 0.1) is 5.92 Å². The van der Waals surface area contributed by atoms with E-state index in [0.717, 1.165) is 6.42 Å². The van der Waals surface area contributed by atoms with Crippen LogP contribution in [-0.2, 0) is 11.2 Å². The van der Waals surface area contributed by atoms with Crippen molar-refractivity contribution in [3.05, 3.63) is 35.4 Å². The molecule has 0 aliphatic heterocycles. The van der Waals surface area contributed by atoms with E-state index < -0.39 is 6.10 Å². The van der Waals surface area contributed by atoms with Crippen LogP contribution < -0.4 is 5.32 Å². The molecule has 0 amide bonds. The second kappa shape index (κ2) is 5.63. The molecule has 3 unspecified atom stereocenters. The molecule has 0 spiro atoms. The van der Waals surface area contributed by atoms with Crippen LogP contribution in [0.25, 0.3) is 0 Å². The third-order valence-corrected chi connectivity index (χ3v) is 3.43. The summed E-state index contributed by atoms with van der Waals surface area (Å²) >= 11 is 0. The summed E-state index contributed by atoms with van der Waals surface area (Å²) in [6.45, 7) is 3.22. The van der Waals surface area contributed by atoms with E-state index in [0.29, 0.717) is 25.1 Å². The second-order valence-electron chi connectivity index (χ2n) is 4.88. The zero-order valence-corrected chi connectivity index (χ0v) is 10.5. The normalized spacial score (nSPS) is 24.6. The van der Waals surface area contributed by atoms with Gasteiger partial charge in [-0.15, -0.1) is 0 Å². The number of methoxy groups -OCH3 is 1. The van der Waals surface area contributed by atoms with Crippen molar-refractivity contribution >= 4 is 0 Å². The van der Waals surface area contributed by atoms with E-state index in [2.05, 4.69) is 36.5 Å². The van der Waals surface area contributed by atoms with Crippen LogP contribution >= 0.6 is 0 Å². The molecule has 0 aromatic heterocycles. The Morgan fingerprint density at radius 2 is 2.24 bits per heavy atom. The van der Waals surface area contributed by atoms with E-state index in [1.54, 1.807) is 7.11 Å². The van der Waals surface area contributed by atoms with Gasteiger partial charge in [-0.2, -0.15) is 0 Å². The van der Waals surface area contributed by atoms with Crippen molar-refractivity contribution in [3.63, 3.8) is 0 Å². The van der Waals surface area contributed by atoms with Crippen molar-refractivity contribution in [3.8, 4) is 0 Å². The van der Waals surface area contributed by atoms with Crippen LogP contribution in [0.4, 0.5) is 0 Å². The van der Waals surface area contributed by atoms with Crippen LogP contribution in [0.5, 0.6) is 0 Å². The van der Waals surface area contributed by atoms with Crippen molar-refractivity contribution in [1.29, 1.82) is 0 Å². The zero-order valence-electron chi connectivity index (χ0n) is 10.5. The average Bonchev–Trinajstić information content (AvgIpc) is 2.62. The molecule has 3 atom stereocenters. The molecule has 1 aliphatic carbocycles. The van der Waals surface area contributed by atoms with Crippen molar-refractivity contribution in [2.75, 3.05) is 20.3 Å². The Morgan fingerprint density at radius 3 is 3.00 bits per heavy atom. The maximum atomic E-state index is 9.66. The standard InChI is InChI=1S/C14H21NO2/c1-10-7-11-5-3-4-6-13(11)14(10)15-8-12(16)9-17-2/h3-6,10,12,14-16H,7-9H2,1-2H3. The highest BCUT2D eigenvalue weighted by Crippen LogP contribution is 2.35. The molecular formula is C14H21NO2. The minimum Gasteiger partial charge on any atom is -0.389 e. The molecule has 3 nitrogen and oxygen atoms in total. The predicted molar refractivity (Wildman–Crippen MR) is 67.9 cm³/mol. The number of hydrogen-bond donors (Lipinski definition) is 2. The number of rotatable bonds is 5. The molecule has 0 saturated carbocycles. The van der Waals surface area contributed by atoms with Crippen LogP contribution in [-0.4, -0.2) is 31.5 Å². The Labute approximate surface area is 103 Å². The topological polar surface area (TPSA) is 41.5 Å². The molecule has 2 N–H and O–H groups in total. The van der Waals surface area contributed by atoms with Gasteiger partial charge in [-0.1, -0.05) is 31.2 Å². The van der Waals surface area contributed by atoms with Gasteiger partial charge in [0.05, 0.1) is 12.7 Å². The van der Waals surface area contributed by atoms with Gasteiger partial charge in [-0.25, -0.2) is 0 Å². The van der Waals surface area contributed by atoms with Crippen molar-refractivity contribution in [1.82, 2.24) is 5.32 Å². The number of aliphatic hydroxyl groups is 1. The number of benzene rings is 1. The molecule has 0 fully saturated rings. The number of ether oxygens (including phenoxy) is 1. The first-order valence-electron chi connectivity index (χ1n) is 6.20. The summed E-state index contributed by atoms with van der Waals surface area (Å²) in [5, 5.41) is 13.1. The van der Waals surface area contributed by atoms with Crippen LogP contribution in [0.1, 0.15) is 24.1 Å². The Morgan fingerprint density at radius 1 is 1.47 bits per heavy atom. The first kappa shape index (κ1) is 12.6. The highest BCUT2D eigenvalue weighted by Gasteiger charge is 2.28. The van der Waals surface area contributed by atoms with Crippen LogP contribution in [0.2, 0.25) is 0 Å². The molecule has 3 heteroatoms. The fraction of sp³-hybridized carbons (Fsp3) is 0.571. The lowest BCUT2D eigenvalue weighted by Gasteiger charge is -2.20. The molecule has 0 bridgehead atoms. The number of aliphatic hydroxyl groups excluding tert-OH is 1. The maximum Gasteiger partial charge on any atom is 0.0897 e. The minimum atomic E-state index is -0.431. The van der Waals surface area contributed by atoms with Gasteiger partial charge in [-0.3, -0.25) is 0 Å². The van der Waals surface area contributed by atoms with Crippen LogP contribution in [0.3, 0.4) is 0 Å². The zero-order chi connectivity index (χ0) is 12.3. The summed E-state index contributed by atoms with van der Waals surface area (Å²) in [6.07, 6.45) is 0.689. The summed E-state index contributed by atoms with van der Waals surface area (Å²) in [4.78, 5) is 0. The first-order chi connectivity index (χ1) is 8.22. The maximum absolute atomic E-state index is 9.66. The first-order valence-corrected chi connectivity index (χ1v) is 6.20. The highest BCUT2D eigenvalue weighted by atomic mass is 16.5. The molecule has 0 radical (unpaired) electrons. The highest BCUT2D eigenvalue weighted by molar-refractivity contribution is 5.35. The third kappa shape index (κ3) is 2.86. The Balaban J connectivity index is 1.97. The number of fused-ring (bicyclic) bond motifs is 1. The van der Waals surface area contributed by atoms with E-state index in [1.807, 2.05) is 0 Å². The van der Waals surface area contributed by atoms with Gasteiger partial charge in [-0.05, 0) is 23.5 Å². The van der Waals surface area contributed by atoms with Gasteiger partial charge in [0.1, 0.15) is 0 Å². The van der Waals surface area contributed by atoms with E-state index in [4.69, 9.17) is 4.74 Å². The molecule has 1 aromatic carbocycles. The number of hydrogen-bond acceptors (Lipinski definition) is 3. The summed E-state index contributed by atoms with van der Waals surface area (Å²) in [7, 11) is 1.61. The summed E-state index contributed by atoms with van der Waals surface area (Å²) in [5.74, 6) is 0.585. The molecule has 1 aromatic rings. The summed E-state index contributed by atoms with van der Waals surface area (Å²) < 4.78 is 4.93. The van der Waals surface area contributed by atoms with Gasteiger partial charge in [0.15, 0.2) is 0 Å². The molecule has 2 rings (SSSR count). The average molecular weight is 235 g/mol. The van der Waals surface area contributed by atoms with Crippen molar-refractivity contribution in [2.24, 2.45) is 5.92 Å². The van der Waals surface area contributed by atoms with E-state index in [1.165, 1.54) is 11.1 Å². The third-order valence-electron chi connectivity index (χ3n) is 3.43. The van der Waals surface area contributed by atoms with Crippen LogP contribution in [0.15, 0.2) is 24.3 Å². The lowest BCUT2D eigenvalue weighted by molar-refractivity contribution is 0.0617. The predicted octanol–water partition coefficient (Wildman–Crippen LogP) is 1.52. The molecule has 0 saturated heterocycles. The second-order valence-corrected chi connectivity index (χ2v) is 4.88. The Hall–Kier alpha value is -0.900. The van der Waals surface area contributed by atoms with Gasteiger partial charge < -0.3 is 15.2 Å². The lowest BCUT2D eigenvalue weighted by Crippen LogP contribution is -2.34.